The summed E-state index contributed by atoms with van der Waals surface area (Å²) in [5.74, 6) is 0.108. The summed E-state index contributed by atoms with van der Waals surface area (Å²) in [4.78, 5) is 42.3. The summed E-state index contributed by atoms with van der Waals surface area (Å²) >= 11 is 0.954. The van der Waals surface area contributed by atoms with Crippen molar-refractivity contribution < 1.29 is 19.4 Å². The number of aliphatic imine (C=N–C) groups is 1. The van der Waals surface area contributed by atoms with Crippen molar-refractivity contribution >= 4 is 34.1 Å². The molecule has 0 fully saturated rings. The van der Waals surface area contributed by atoms with Gasteiger partial charge >= 0.3 is 5.69 Å². The molecule has 11 heteroatoms. The summed E-state index contributed by atoms with van der Waals surface area (Å²) in [6, 6.07) is 13.8. The lowest BCUT2D eigenvalue weighted by molar-refractivity contribution is -0.113. The maximum absolute atomic E-state index is 12.9. The molecule has 0 aliphatic carbocycles. The van der Waals surface area contributed by atoms with Gasteiger partial charge in [0.15, 0.2) is 0 Å². The summed E-state index contributed by atoms with van der Waals surface area (Å²) in [7, 11) is 4.15. The summed E-state index contributed by atoms with van der Waals surface area (Å²) in [5, 5.41) is 13.5. The zero-order chi connectivity index (χ0) is 25.5. The van der Waals surface area contributed by atoms with Crippen LogP contribution in [0.25, 0.3) is 0 Å². The van der Waals surface area contributed by atoms with E-state index in [4.69, 9.17) is 9.47 Å². The molecule has 0 radical (unpaired) electrons. The second kappa shape index (κ2) is 11.4. The van der Waals surface area contributed by atoms with Gasteiger partial charge in [0.25, 0.3) is 5.56 Å². The number of carbonyl (C=O) groups excluding carboxylic acids is 1. The van der Waals surface area contributed by atoms with Crippen molar-refractivity contribution in [3.8, 4) is 17.4 Å². The number of rotatable bonds is 8. The van der Waals surface area contributed by atoms with Gasteiger partial charge in [0, 0.05) is 14.1 Å². The maximum Gasteiger partial charge on any atom is 0.333 e. The number of nitrogens with one attached hydrogen (secondary N) is 1. The lowest BCUT2D eigenvalue weighted by atomic mass is 10.3. The smallest absolute Gasteiger partial charge is 0.333 e. The van der Waals surface area contributed by atoms with Crippen LogP contribution in [0, 0.1) is 0 Å². The van der Waals surface area contributed by atoms with Gasteiger partial charge in [0.1, 0.15) is 22.1 Å². The predicted octanol–water partition coefficient (Wildman–Crippen LogP) is 2.65. The number of aromatic nitrogens is 2. The number of para-hydroxylation sites is 2. The first-order chi connectivity index (χ1) is 16.8. The second-order valence-electron chi connectivity index (χ2n) is 7.29. The standard InChI is InChI=1S/C24H26N4O6S/c1-5-34-16-12-10-15(11-13-16)25-21(20-22(30)27(2)24(32)28(3)23(20)31)35-14-19(29)26-17-8-6-7-9-18(17)33-4/h6-13,30H,5,14H2,1-4H3,(H,26,29). The number of methoxy groups -OCH3 is 1. The van der Waals surface area contributed by atoms with Crippen LogP contribution in [0.15, 0.2) is 63.1 Å². The monoisotopic (exact) mass is 498 g/mol. The van der Waals surface area contributed by atoms with Gasteiger partial charge in [-0.25, -0.2) is 9.79 Å². The number of anilines is 1. The fourth-order valence-corrected chi connectivity index (χ4v) is 3.98. The third-order valence-corrected chi connectivity index (χ3v) is 5.92. The number of benzene rings is 2. The number of thioether (sulfide) groups is 1. The Labute approximate surface area is 205 Å². The predicted molar refractivity (Wildman–Crippen MR) is 136 cm³/mol. The number of nitrogens with zero attached hydrogens (tertiary/aromatic N) is 3. The molecule has 1 amide bonds. The molecule has 3 aromatic rings. The SMILES string of the molecule is CCOc1ccc(N=C(SCC(=O)Nc2ccccc2OC)c2c(O)n(C)c(=O)n(C)c2=O)cc1. The normalized spacial score (nSPS) is 11.3. The minimum Gasteiger partial charge on any atom is -0.495 e. The van der Waals surface area contributed by atoms with Crippen LogP contribution in [0.1, 0.15) is 12.5 Å². The summed E-state index contributed by atoms with van der Waals surface area (Å²) < 4.78 is 12.5. The van der Waals surface area contributed by atoms with E-state index in [1.807, 2.05) is 6.92 Å². The van der Waals surface area contributed by atoms with Crippen LogP contribution in [0.3, 0.4) is 0 Å². The Balaban J connectivity index is 1.97. The largest absolute Gasteiger partial charge is 0.495 e. The lowest BCUT2D eigenvalue weighted by Gasteiger charge is -2.13. The van der Waals surface area contributed by atoms with Crippen molar-refractivity contribution in [1.82, 2.24) is 9.13 Å². The molecule has 0 unspecified atom stereocenters. The van der Waals surface area contributed by atoms with Crippen LogP contribution in [0.2, 0.25) is 0 Å². The zero-order valence-electron chi connectivity index (χ0n) is 19.8. The molecule has 2 N–H and O–H groups in total. The van der Waals surface area contributed by atoms with Gasteiger partial charge in [-0.05, 0) is 43.3 Å². The zero-order valence-corrected chi connectivity index (χ0v) is 20.6. The van der Waals surface area contributed by atoms with E-state index in [0.717, 1.165) is 20.9 Å². The highest BCUT2D eigenvalue weighted by atomic mass is 32.2. The van der Waals surface area contributed by atoms with E-state index in [2.05, 4.69) is 10.3 Å². The van der Waals surface area contributed by atoms with E-state index in [1.165, 1.54) is 21.2 Å². The fourth-order valence-electron chi connectivity index (χ4n) is 3.15. The van der Waals surface area contributed by atoms with Gasteiger partial charge < -0.3 is 19.9 Å². The number of amides is 1. The Kier molecular flexibility index (Phi) is 8.37. The van der Waals surface area contributed by atoms with E-state index in [-0.39, 0.29) is 22.3 Å². The number of aromatic hydroxyl groups is 1. The highest BCUT2D eigenvalue weighted by molar-refractivity contribution is 8.15. The molecule has 35 heavy (non-hydrogen) atoms. The third-order valence-electron chi connectivity index (χ3n) is 4.95. The molecule has 0 aliphatic heterocycles. The Morgan fingerprint density at radius 2 is 1.77 bits per heavy atom. The number of hydrogen-bond donors (Lipinski definition) is 2. The Hall–Kier alpha value is -3.99. The molecule has 1 heterocycles. The van der Waals surface area contributed by atoms with E-state index in [0.29, 0.717) is 29.5 Å². The van der Waals surface area contributed by atoms with Crippen LogP contribution in [0.5, 0.6) is 17.4 Å². The van der Waals surface area contributed by atoms with Gasteiger partial charge in [-0.3, -0.25) is 18.7 Å². The quantitative estimate of drug-likeness (QED) is 0.361. The number of hydrogen-bond acceptors (Lipinski definition) is 8. The molecule has 184 valence electrons. The Morgan fingerprint density at radius 1 is 1.09 bits per heavy atom. The molecule has 10 nitrogen and oxygen atoms in total. The van der Waals surface area contributed by atoms with Crippen molar-refractivity contribution in [3.05, 3.63) is 74.9 Å². The number of ether oxygens (including phenoxy) is 2. The molecule has 0 atom stereocenters. The summed E-state index contributed by atoms with van der Waals surface area (Å²) in [5.41, 5.74) is -0.634. The molecule has 3 rings (SSSR count). The molecule has 0 bridgehead atoms. The van der Waals surface area contributed by atoms with E-state index < -0.39 is 17.1 Å². The molecular formula is C24H26N4O6S. The van der Waals surface area contributed by atoms with Gasteiger partial charge in [0.05, 0.1) is 30.8 Å². The van der Waals surface area contributed by atoms with Gasteiger partial charge in [0.2, 0.25) is 11.8 Å². The van der Waals surface area contributed by atoms with E-state index in [1.54, 1.807) is 48.5 Å². The first-order valence-electron chi connectivity index (χ1n) is 10.6. The van der Waals surface area contributed by atoms with Crippen LogP contribution in [0.4, 0.5) is 11.4 Å². The average molecular weight is 499 g/mol. The molecule has 0 saturated heterocycles. The third kappa shape index (κ3) is 5.93. The first-order valence-corrected chi connectivity index (χ1v) is 11.6. The lowest BCUT2D eigenvalue weighted by Crippen LogP contribution is -2.39. The summed E-state index contributed by atoms with van der Waals surface area (Å²) in [6.07, 6.45) is 0. The fraction of sp³-hybridized carbons (Fsp3) is 0.250. The van der Waals surface area contributed by atoms with Crippen LogP contribution in [-0.2, 0) is 18.9 Å². The molecule has 2 aromatic carbocycles. The summed E-state index contributed by atoms with van der Waals surface area (Å²) in [6.45, 7) is 2.38. The number of carbonyl (C=O) groups is 1. The minimum absolute atomic E-state index is 0.0815. The topological polar surface area (TPSA) is 124 Å². The molecular weight excluding hydrogens is 472 g/mol. The molecule has 1 aromatic heterocycles. The van der Waals surface area contributed by atoms with Crippen molar-refractivity contribution in [2.75, 3.05) is 24.8 Å². The molecule has 0 aliphatic rings. The van der Waals surface area contributed by atoms with Crippen molar-refractivity contribution in [1.29, 1.82) is 0 Å². The highest BCUT2D eigenvalue weighted by Crippen LogP contribution is 2.26. The first kappa shape index (κ1) is 25.6. The Morgan fingerprint density at radius 3 is 2.43 bits per heavy atom. The van der Waals surface area contributed by atoms with E-state index >= 15 is 0 Å². The van der Waals surface area contributed by atoms with Gasteiger partial charge in [-0.1, -0.05) is 23.9 Å². The van der Waals surface area contributed by atoms with Crippen molar-refractivity contribution in [2.24, 2.45) is 19.1 Å². The average Bonchev–Trinajstić information content (AvgIpc) is 2.86. The van der Waals surface area contributed by atoms with Crippen LogP contribution in [-0.4, -0.2) is 44.7 Å². The molecule has 0 saturated carbocycles. The van der Waals surface area contributed by atoms with Crippen LogP contribution >= 0.6 is 11.8 Å². The minimum atomic E-state index is -0.729. The highest BCUT2D eigenvalue weighted by Gasteiger charge is 2.22. The van der Waals surface area contributed by atoms with Crippen molar-refractivity contribution in [3.63, 3.8) is 0 Å². The molecule has 0 spiro atoms. The van der Waals surface area contributed by atoms with Gasteiger partial charge in [-0.15, -0.1) is 0 Å². The van der Waals surface area contributed by atoms with E-state index in [9.17, 15) is 19.5 Å². The maximum atomic E-state index is 12.9. The second-order valence-corrected chi connectivity index (χ2v) is 8.25. The Bertz CT molecular complexity index is 1360. The van der Waals surface area contributed by atoms with Crippen molar-refractivity contribution in [2.45, 2.75) is 6.92 Å². The van der Waals surface area contributed by atoms with Crippen LogP contribution < -0.4 is 26.0 Å². The van der Waals surface area contributed by atoms with Gasteiger partial charge in [-0.2, -0.15) is 0 Å².